The third kappa shape index (κ3) is 6.40. The molecular weight excluding hydrogens is 414 g/mol. The number of hydrogen-bond donors (Lipinski definition) is 0. The van der Waals surface area contributed by atoms with Crippen LogP contribution >= 0.6 is 0 Å². The highest BCUT2D eigenvalue weighted by Gasteiger charge is 2.29. The van der Waals surface area contributed by atoms with Crippen molar-refractivity contribution < 1.29 is 13.5 Å². The molecule has 0 radical (unpaired) electrons. The van der Waals surface area contributed by atoms with Gasteiger partial charge in [-0.25, -0.2) is 4.39 Å². The van der Waals surface area contributed by atoms with E-state index in [0.717, 1.165) is 49.0 Å². The Hall–Kier alpha value is -1.38. The quantitative estimate of drug-likeness (QED) is 0.335. The SMILES string of the molecule is CCCCC1CCC(C2CC=C(COc3c(C)cc(CC4CCCC4)c(F)c3F)CC2)CC1. The van der Waals surface area contributed by atoms with Gasteiger partial charge in [-0.3, -0.25) is 0 Å². The van der Waals surface area contributed by atoms with Crippen molar-refractivity contribution in [1.29, 1.82) is 0 Å². The van der Waals surface area contributed by atoms with Crippen LogP contribution < -0.4 is 4.74 Å². The van der Waals surface area contributed by atoms with Crippen molar-refractivity contribution in [3.63, 3.8) is 0 Å². The van der Waals surface area contributed by atoms with Gasteiger partial charge in [0.05, 0.1) is 0 Å². The summed E-state index contributed by atoms with van der Waals surface area (Å²) in [6.07, 6.45) is 20.8. The van der Waals surface area contributed by atoms with Gasteiger partial charge in [0.1, 0.15) is 6.61 Å². The van der Waals surface area contributed by atoms with E-state index in [0.29, 0.717) is 24.5 Å². The molecule has 33 heavy (non-hydrogen) atoms. The molecular formula is C30H44F2O. The summed E-state index contributed by atoms with van der Waals surface area (Å²) in [4.78, 5) is 0. The van der Waals surface area contributed by atoms with Crippen molar-refractivity contribution in [3.05, 3.63) is 40.5 Å². The summed E-state index contributed by atoms with van der Waals surface area (Å²) in [5.41, 5.74) is 2.49. The lowest BCUT2D eigenvalue weighted by atomic mass is 9.71. The molecule has 0 spiro atoms. The van der Waals surface area contributed by atoms with Crippen LogP contribution in [-0.2, 0) is 6.42 Å². The van der Waals surface area contributed by atoms with Crippen LogP contribution in [0.2, 0.25) is 0 Å². The molecule has 3 aliphatic carbocycles. The molecule has 1 atom stereocenters. The summed E-state index contributed by atoms with van der Waals surface area (Å²) >= 11 is 0. The van der Waals surface area contributed by atoms with Crippen molar-refractivity contribution in [1.82, 2.24) is 0 Å². The summed E-state index contributed by atoms with van der Waals surface area (Å²) in [6, 6.07) is 1.81. The van der Waals surface area contributed by atoms with Crippen LogP contribution in [0.5, 0.6) is 5.75 Å². The highest BCUT2D eigenvalue weighted by atomic mass is 19.2. The van der Waals surface area contributed by atoms with Crippen LogP contribution in [0.1, 0.15) is 108 Å². The Morgan fingerprint density at radius 3 is 2.33 bits per heavy atom. The van der Waals surface area contributed by atoms with E-state index in [4.69, 9.17) is 4.74 Å². The van der Waals surface area contributed by atoms with Crippen molar-refractivity contribution in [2.75, 3.05) is 6.61 Å². The number of rotatable bonds is 9. The van der Waals surface area contributed by atoms with Gasteiger partial charge >= 0.3 is 0 Å². The fourth-order valence-electron chi connectivity index (χ4n) is 6.73. The summed E-state index contributed by atoms with van der Waals surface area (Å²) in [7, 11) is 0. The van der Waals surface area contributed by atoms with Gasteiger partial charge in [0.2, 0.25) is 5.82 Å². The molecule has 0 N–H and O–H groups in total. The van der Waals surface area contributed by atoms with Gasteiger partial charge in [0.25, 0.3) is 0 Å². The summed E-state index contributed by atoms with van der Waals surface area (Å²) in [5, 5.41) is 0. The van der Waals surface area contributed by atoms with Crippen molar-refractivity contribution in [2.45, 2.75) is 110 Å². The molecule has 4 rings (SSSR count). The molecule has 1 nitrogen and oxygen atoms in total. The molecule has 0 heterocycles. The van der Waals surface area contributed by atoms with E-state index >= 15 is 0 Å². The molecule has 0 bridgehead atoms. The Labute approximate surface area is 200 Å². The molecule has 0 saturated heterocycles. The Kier molecular flexibility index (Phi) is 8.88. The first-order valence-electron chi connectivity index (χ1n) is 13.8. The molecule has 1 unspecified atom stereocenters. The van der Waals surface area contributed by atoms with Crippen LogP contribution in [-0.4, -0.2) is 6.61 Å². The van der Waals surface area contributed by atoms with Crippen LogP contribution in [0.15, 0.2) is 17.7 Å². The minimum absolute atomic E-state index is 0.107. The Morgan fingerprint density at radius 1 is 0.909 bits per heavy atom. The van der Waals surface area contributed by atoms with Gasteiger partial charge in [0.15, 0.2) is 11.6 Å². The van der Waals surface area contributed by atoms with E-state index in [1.54, 1.807) is 0 Å². The molecule has 1 aromatic carbocycles. The Bertz CT molecular complexity index is 800. The van der Waals surface area contributed by atoms with Crippen LogP contribution in [0.3, 0.4) is 0 Å². The van der Waals surface area contributed by atoms with E-state index in [1.165, 1.54) is 69.8 Å². The molecule has 3 heteroatoms. The number of allylic oxidation sites excluding steroid dienone is 1. The first-order valence-corrected chi connectivity index (χ1v) is 13.8. The lowest BCUT2D eigenvalue weighted by Crippen LogP contribution is -2.24. The molecule has 2 saturated carbocycles. The number of benzene rings is 1. The maximum Gasteiger partial charge on any atom is 0.201 e. The van der Waals surface area contributed by atoms with Gasteiger partial charge in [-0.05, 0) is 91.9 Å². The zero-order valence-corrected chi connectivity index (χ0v) is 20.9. The first-order chi connectivity index (χ1) is 16.0. The molecule has 184 valence electrons. The number of halogens is 2. The predicted molar refractivity (Wildman–Crippen MR) is 133 cm³/mol. The van der Waals surface area contributed by atoms with Crippen LogP contribution in [0.4, 0.5) is 8.78 Å². The van der Waals surface area contributed by atoms with E-state index in [2.05, 4.69) is 13.0 Å². The minimum Gasteiger partial charge on any atom is -0.486 e. The number of ether oxygens (including phenoxy) is 1. The predicted octanol–water partition coefficient (Wildman–Crippen LogP) is 9.11. The highest BCUT2D eigenvalue weighted by Crippen LogP contribution is 2.41. The maximum absolute atomic E-state index is 14.8. The largest absolute Gasteiger partial charge is 0.486 e. The number of unbranched alkanes of at least 4 members (excludes halogenated alkanes) is 1. The average molecular weight is 459 g/mol. The molecule has 2 fully saturated rings. The number of hydrogen-bond acceptors (Lipinski definition) is 1. The Balaban J connectivity index is 1.27. The first kappa shape index (κ1) is 24.7. The van der Waals surface area contributed by atoms with Gasteiger partial charge in [-0.15, -0.1) is 0 Å². The lowest BCUT2D eigenvalue weighted by Gasteiger charge is -2.35. The van der Waals surface area contributed by atoms with E-state index in [1.807, 2.05) is 13.0 Å². The second kappa shape index (κ2) is 11.8. The van der Waals surface area contributed by atoms with Crippen molar-refractivity contribution in [3.8, 4) is 5.75 Å². The number of aryl methyl sites for hydroxylation is 1. The highest BCUT2D eigenvalue weighted by molar-refractivity contribution is 5.39. The molecule has 0 amide bonds. The monoisotopic (exact) mass is 458 g/mol. The van der Waals surface area contributed by atoms with Crippen LogP contribution in [0.25, 0.3) is 0 Å². The molecule has 0 aliphatic heterocycles. The molecule has 1 aromatic rings. The molecule has 0 aromatic heterocycles. The summed E-state index contributed by atoms with van der Waals surface area (Å²) in [5.74, 6) is 1.75. The lowest BCUT2D eigenvalue weighted by molar-refractivity contribution is 0.183. The third-order valence-electron chi connectivity index (χ3n) is 8.88. The second-order valence-corrected chi connectivity index (χ2v) is 11.3. The van der Waals surface area contributed by atoms with E-state index in [9.17, 15) is 8.78 Å². The Morgan fingerprint density at radius 2 is 1.67 bits per heavy atom. The minimum atomic E-state index is -0.794. The van der Waals surface area contributed by atoms with Gasteiger partial charge in [-0.1, -0.05) is 70.8 Å². The average Bonchev–Trinajstić information content (AvgIpc) is 3.35. The summed E-state index contributed by atoms with van der Waals surface area (Å²) in [6.45, 7) is 4.52. The zero-order valence-electron chi connectivity index (χ0n) is 20.9. The third-order valence-corrected chi connectivity index (χ3v) is 8.88. The van der Waals surface area contributed by atoms with E-state index < -0.39 is 11.6 Å². The normalized spacial score (nSPS) is 26.4. The fourth-order valence-corrected chi connectivity index (χ4v) is 6.73. The van der Waals surface area contributed by atoms with Crippen molar-refractivity contribution >= 4 is 0 Å². The standard InChI is InChI=1S/C30H44F2O/c1-3-4-7-22-10-14-25(15-11-22)26-16-12-24(13-17-26)20-33-30-21(2)18-27(28(31)29(30)32)19-23-8-5-6-9-23/h12,18,22-23,25-26H,3-11,13-17,19-20H2,1-2H3. The maximum atomic E-state index is 14.8. The topological polar surface area (TPSA) is 9.23 Å². The molecule has 3 aliphatic rings. The summed E-state index contributed by atoms with van der Waals surface area (Å²) < 4.78 is 35.5. The second-order valence-electron chi connectivity index (χ2n) is 11.3. The van der Waals surface area contributed by atoms with Crippen LogP contribution in [0, 0.1) is 42.2 Å². The fraction of sp³-hybridized carbons (Fsp3) is 0.733. The van der Waals surface area contributed by atoms with Crippen molar-refractivity contribution in [2.24, 2.45) is 23.7 Å². The van der Waals surface area contributed by atoms with Gasteiger partial charge in [-0.2, -0.15) is 4.39 Å². The van der Waals surface area contributed by atoms with E-state index in [-0.39, 0.29) is 5.75 Å². The van der Waals surface area contributed by atoms with Gasteiger partial charge in [0, 0.05) is 0 Å². The van der Waals surface area contributed by atoms with Gasteiger partial charge < -0.3 is 4.74 Å². The zero-order chi connectivity index (χ0) is 23.2. The smallest absolute Gasteiger partial charge is 0.201 e.